The molecule has 0 saturated heterocycles. The highest BCUT2D eigenvalue weighted by molar-refractivity contribution is 5.82. The van der Waals surface area contributed by atoms with Crippen molar-refractivity contribution in [2.75, 3.05) is 5.43 Å². The second-order valence-electron chi connectivity index (χ2n) is 5.79. The first kappa shape index (κ1) is 17.8. The van der Waals surface area contributed by atoms with Gasteiger partial charge in [0.2, 0.25) is 0 Å². The summed E-state index contributed by atoms with van der Waals surface area (Å²) in [6, 6.07) is 7.92. The summed E-state index contributed by atoms with van der Waals surface area (Å²) in [5, 5.41) is 4.06. The van der Waals surface area contributed by atoms with E-state index >= 15 is 0 Å². The van der Waals surface area contributed by atoms with Crippen molar-refractivity contribution in [1.82, 2.24) is 9.55 Å². The Hall–Kier alpha value is -3.03. The minimum atomic E-state index is -4.40. The van der Waals surface area contributed by atoms with Gasteiger partial charge in [0.1, 0.15) is 11.6 Å². The molecular formula is C18H17F3N4O. The molecule has 0 atom stereocenters. The fourth-order valence-corrected chi connectivity index (χ4v) is 2.56. The molecule has 0 unspecified atom stereocenters. The van der Waals surface area contributed by atoms with E-state index in [1.165, 1.54) is 6.07 Å². The zero-order valence-electron chi connectivity index (χ0n) is 14.2. The molecule has 5 nitrogen and oxygen atoms in total. The second kappa shape index (κ2) is 7.07. The number of hydrogen-bond acceptors (Lipinski definition) is 4. The zero-order valence-corrected chi connectivity index (χ0v) is 14.2. The van der Waals surface area contributed by atoms with E-state index in [9.17, 15) is 13.2 Å². The lowest BCUT2D eigenvalue weighted by Gasteiger charge is -2.07. The molecule has 3 heterocycles. The van der Waals surface area contributed by atoms with E-state index in [2.05, 4.69) is 20.1 Å². The van der Waals surface area contributed by atoms with Crippen molar-refractivity contribution >= 4 is 12.0 Å². The van der Waals surface area contributed by atoms with E-state index in [1.807, 2.05) is 32.0 Å². The van der Waals surface area contributed by atoms with E-state index < -0.39 is 11.7 Å². The molecular weight excluding hydrogens is 345 g/mol. The number of furan rings is 1. The quantitative estimate of drug-likeness (QED) is 0.533. The van der Waals surface area contributed by atoms with Crippen LogP contribution in [0.3, 0.4) is 0 Å². The molecule has 0 aliphatic carbocycles. The predicted octanol–water partition coefficient (Wildman–Crippen LogP) is 4.61. The van der Waals surface area contributed by atoms with Crippen LogP contribution in [0.15, 0.2) is 52.3 Å². The van der Waals surface area contributed by atoms with Crippen molar-refractivity contribution in [3.05, 3.63) is 71.1 Å². The summed E-state index contributed by atoms with van der Waals surface area (Å²) in [5.41, 5.74) is 4.79. The number of pyridine rings is 1. The van der Waals surface area contributed by atoms with Crippen LogP contribution in [0.25, 0.3) is 0 Å². The van der Waals surface area contributed by atoms with Crippen molar-refractivity contribution in [2.24, 2.45) is 5.10 Å². The third-order valence-corrected chi connectivity index (χ3v) is 3.98. The Bertz CT molecular complexity index is 894. The van der Waals surface area contributed by atoms with Crippen LogP contribution in [0.1, 0.15) is 28.3 Å². The first-order valence-electron chi connectivity index (χ1n) is 7.86. The van der Waals surface area contributed by atoms with Crippen LogP contribution in [-0.4, -0.2) is 15.8 Å². The fraction of sp³-hybridized carbons (Fsp3) is 0.222. The molecule has 0 fully saturated rings. The van der Waals surface area contributed by atoms with E-state index in [0.717, 1.165) is 35.0 Å². The third kappa shape index (κ3) is 3.96. The molecule has 0 aliphatic rings. The van der Waals surface area contributed by atoms with E-state index in [4.69, 9.17) is 4.42 Å². The van der Waals surface area contributed by atoms with E-state index in [-0.39, 0.29) is 5.82 Å². The maximum atomic E-state index is 12.5. The average molecular weight is 362 g/mol. The standard InChI is InChI=1S/C18H17F3N4O/c1-12-8-14(13(2)25(12)11-16-4-3-7-26-16)9-23-24-17-6-5-15(10-22-17)18(19,20)21/h3-10H,11H2,1-2H3,(H,22,24)/b23-9+. The highest BCUT2D eigenvalue weighted by Crippen LogP contribution is 2.28. The molecule has 3 aromatic heterocycles. The summed E-state index contributed by atoms with van der Waals surface area (Å²) in [4.78, 5) is 3.71. The molecule has 136 valence electrons. The summed E-state index contributed by atoms with van der Waals surface area (Å²) in [6.45, 7) is 4.57. The maximum Gasteiger partial charge on any atom is 0.417 e. The molecule has 1 N–H and O–H groups in total. The van der Waals surface area contributed by atoms with Crippen LogP contribution in [-0.2, 0) is 12.7 Å². The van der Waals surface area contributed by atoms with E-state index in [1.54, 1.807) is 12.5 Å². The lowest BCUT2D eigenvalue weighted by molar-refractivity contribution is -0.137. The molecule has 0 bridgehead atoms. The first-order valence-corrected chi connectivity index (χ1v) is 7.86. The van der Waals surface area contributed by atoms with Crippen molar-refractivity contribution in [3.8, 4) is 0 Å². The Labute approximate surface area is 148 Å². The average Bonchev–Trinajstić information content (AvgIpc) is 3.19. The number of hydrogen-bond donors (Lipinski definition) is 1. The van der Waals surface area contributed by atoms with Gasteiger partial charge in [-0.05, 0) is 44.2 Å². The Balaban J connectivity index is 1.69. The van der Waals surface area contributed by atoms with Gasteiger partial charge in [-0.3, -0.25) is 5.43 Å². The monoisotopic (exact) mass is 362 g/mol. The molecule has 0 amide bonds. The summed E-state index contributed by atoms with van der Waals surface area (Å²) in [7, 11) is 0. The Morgan fingerprint density at radius 1 is 1.27 bits per heavy atom. The summed E-state index contributed by atoms with van der Waals surface area (Å²) in [5.74, 6) is 1.08. The van der Waals surface area contributed by atoms with Gasteiger partial charge < -0.3 is 8.98 Å². The minimum Gasteiger partial charge on any atom is -0.467 e. The van der Waals surface area contributed by atoms with Gasteiger partial charge >= 0.3 is 6.18 Å². The lowest BCUT2D eigenvalue weighted by atomic mass is 10.2. The third-order valence-electron chi connectivity index (χ3n) is 3.98. The number of alkyl halides is 3. The van der Waals surface area contributed by atoms with Crippen molar-refractivity contribution in [1.29, 1.82) is 0 Å². The molecule has 3 rings (SSSR count). The highest BCUT2D eigenvalue weighted by Gasteiger charge is 2.30. The number of nitrogens with one attached hydrogen (secondary N) is 1. The number of anilines is 1. The number of hydrazone groups is 1. The molecule has 26 heavy (non-hydrogen) atoms. The van der Waals surface area contributed by atoms with Crippen LogP contribution in [0.2, 0.25) is 0 Å². The van der Waals surface area contributed by atoms with Gasteiger partial charge in [-0.2, -0.15) is 18.3 Å². The normalized spacial score (nSPS) is 12.0. The fourth-order valence-electron chi connectivity index (χ4n) is 2.56. The van der Waals surface area contributed by atoms with Gasteiger partial charge in [0.25, 0.3) is 0 Å². The van der Waals surface area contributed by atoms with Gasteiger partial charge in [0.05, 0.1) is 24.6 Å². The maximum absolute atomic E-state index is 12.5. The van der Waals surface area contributed by atoms with E-state index in [0.29, 0.717) is 6.54 Å². The second-order valence-corrected chi connectivity index (χ2v) is 5.79. The molecule has 0 radical (unpaired) electrons. The Kier molecular flexibility index (Phi) is 4.83. The SMILES string of the molecule is Cc1cc(/C=N/Nc2ccc(C(F)(F)F)cn2)c(C)n1Cc1ccco1. The van der Waals surface area contributed by atoms with Crippen LogP contribution in [0, 0.1) is 13.8 Å². The number of nitrogens with zero attached hydrogens (tertiary/aromatic N) is 3. The topological polar surface area (TPSA) is 55.4 Å². The first-order chi connectivity index (χ1) is 12.3. The Morgan fingerprint density at radius 3 is 2.69 bits per heavy atom. The molecule has 0 saturated carbocycles. The largest absolute Gasteiger partial charge is 0.467 e. The minimum absolute atomic E-state index is 0.235. The van der Waals surface area contributed by atoms with Crippen LogP contribution in [0.4, 0.5) is 19.0 Å². The van der Waals surface area contributed by atoms with Gasteiger partial charge in [-0.25, -0.2) is 4.98 Å². The molecule has 3 aromatic rings. The van der Waals surface area contributed by atoms with Crippen LogP contribution >= 0.6 is 0 Å². The molecule has 0 aliphatic heterocycles. The van der Waals surface area contributed by atoms with Crippen molar-refractivity contribution in [2.45, 2.75) is 26.6 Å². The molecule has 8 heteroatoms. The van der Waals surface area contributed by atoms with Crippen molar-refractivity contribution in [3.63, 3.8) is 0 Å². The Morgan fingerprint density at radius 2 is 2.08 bits per heavy atom. The summed E-state index contributed by atoms with van der Waals surface area (Å²) in [6.07, 6.45) is -0.388. The number of rotatable bonds is 5. The number of aryl methyl sites for hydroxylation is 1. The van der Waals surface area contributed by atoms with Gasteiger partial charge in [0.15, 0.2) is 0 Å². The predicted molar refractivity (Wildman–Crippen MR) is 92.2 cm³/mol. The zero-order chi connectivity index (χ0) is 18.7. The molecule has 0 spiro atoms. The summed E-state index contributed by atoms with van der Waals surface area (Å²) < 4.78 is 45.0. The van der Waals surface area contributed by atoms with Crippen molar-refractivity contribution < 1.29 is 17.6 Å². The lowest BCUT2D eigenvalue weighted by Crippen LogP contribution is -2.05. The van der Waals surface area contributed by atoms with Gasteiger partial charge in [-0.1, -0.05) is 0 Å². The summed E-state index contributed by atoms with van der Waals surface area (Å²) >= 11 is 0. The smallest absolute Gasteiger partial charge is 0.417 e. The molecule has 0 aromatic carbocycles. The van der Waals surface area contributed by atoms with Gasteiger partial charge in [-0.15, -0.1) is 0 Å². The number of halogens is 3. The van der Waals surface area contributed by atoms with Gasteiger partial charge in [0, 0.05) is 23.1 Å². The highest BCUT2D eigenvalue weighted by atomic mass is 19.4. The van der Waals surface area contributed by atoms with Crippen LogP contribution < -0.4 is 5.43 Å². The van der Waals surface area contributed by atoms with Crippen LogP contribution in [0.5, 0.6) is 0 Å². The number of aromatic nitrogens is 2.